The molecule has 0 saturated heterocycles. The van der Waals surface area contributed by atoms with E-state index >= 15 is 0 Å². The Morgan fingerprint density at radius 3 is 0.815 bits per heavy atom. The predicted molar refractivity (Wildman–Crippen MR) is 374 cm³/mol. The minimum absolute atomic E-state index is 0.00965. The number of hydrogen-bond donors (Lipinski definition) is 0. The van der Waals surface area contributed by atoms with Gasteiger partial charge in [-0.2, -0.15) is 0 Å². The summed E-state index contributed by atoms with van der Waals surface area (Å²) in [6, 6.07) is 0. The molecule has 1 heterocycles. The van der Waals surface area contributed by atoms with E-state index in [-0.39, 0.29) is 262 Å². The van der Waals surface area contributed by atoms with Crippen molar-refractivity contribution in [2.45, 2.75) is 0 Å². The van der Waals surface area contributed by atoms with E-state index < -0.39 is 11.8 Å². The van der Waals surface area contributed by atoms with Gasteiger partial charge in [0.05, 0.1) is 0 Å². The molecule has 8 aromatic carbocycles. The highest BCUT2D eigenvalue weighted by molar-refractivity contribution is 6.76. The molecule has 81 heavy (non-hydrogen) atoms. The highest BCUT2D eigenvalue weighted by atomic mass is 16.3. The minimum atomic E-state index is -1.36. The molecule has 2 atom stereocenters. The van der Waals surface area contributed by atoms with Gasteiger partial charge in [-0.05, 0) is 82.0 Å². The molecule has 60 radical (unpaired) electrons. The zero-order chi connectivity index (χ0) is 59.6. The molecular formula is C50H2B30O. The quantitative estimate of drug-likeness (QED) is 0.127. The van der Waals surface area contributed by atoms with Crippen molar-refractivity contribution < 1.29 is 4.42 Å². The predicted octanol–water partition coefficient (Wildman–Crippen LogP) is -18.3. The number of hydrogen-bond acceptors (Lipinski definition) is 1. The number of allylic oxidation sites excluding steroid dienone is 8. The van der Waals surface area contributed by atoms with E-state index in [0.29, 0.717) is 0 Å². The molecule has 11 rings (SSSR count). The third-order valence-corrected chi connectivity index (χ3v) is 16.5. The lowest BCUT2D eigenvalue weighted by atomic mass is 9.45. The molecule has 0 N–H and O–H groups in total. The van der Waals surface area contributed by atoms with Crippen LogP contribution in [0.5, 0.6) is 0 Å². The molecule has 1 aromatic heterocycles. The smallest absolute Gasteiger partial charge is 0.128 e. The van der Waals surface area contributed by atoms with Crippen molar-refractivity contribution >= 4 is 443 Å². The van der Waals surface area contributed by atoms with Gasteiger partial charge in [0.15, 0.2) is 0 Å². The maximum Gasteiger partial charge on any atom is 0.128 e. The Balaban J connectivity index is 1.40. The zero-order valence-electron chi connectivity index (χ0n) is 42.9. The summed E-state index contributed by atoms with van der Waals surface area (Å²) in [5.41, 5.74) is -4.70. The summed E-state index contributed by atoms with van der Waals surface area (Å²) in [6.07, 6.45) is 0. The van der Waals surface area contributed by atoms with Crippen molar-refractivity contribution in [3.63, 3.8) is 0 Å². The average Bonchev–Trinajstić information content (AvgIpc) is 4.06. The largest absolute Gasteiger partial charge is 0.457 e. The first-order chi connectivity index (χ1) is 37.8. The van der Waals surface area contributed by atoms with Crippen molar-refractivity contribution in [1.82, 2.24) is 0 Å². The van der Waals surface area contributed by atoms with E-state index in [1.807, 2.05) is 0 Å². The third-order valence-electron chi connectivity index (χ3n) is 16.5. The normalized spacial score (nSPS) is 16.0. The number of furan rings is 1. The molecule has 0 amide bonds. The van der Waals surface area contributed by atoms with Gasteiger partial charge in [-0.25, -0.2) is 0 Å². The Morgan fingerprint density at radius 1 is 0.173 bits per heavy atom. The Labute approximate surface area is 510 Å². The van der Waals surface area contributed by atoms with E-state index in [4.69, 9.17) is 240 Å². The number of fused-ring (bicyclic) bond motifs is 8. The molecule has 0 saturated carbocycles. The summed E-state index contributed by atoms with van der Waals surface area (Å²) in [4.78, 5) is 0. The summed E-state index contributed by atoms with van der Waals surface area (Å²) in [5, 5.41) is 0.407. The molecule has 0 bridgehead atoms. The monoisotopic (exact) mass is 948 g/mol. The van der Waals surface area contributed by atoms with Gasteiger partial charge in [0.2, 0.25) is 0 Å². The van der Waals surface area contributed by atoms with Crippen molar-refractivity contribution in [2.24, 2.45) is 11.8 Å². The summed E-state index contributed by atoms with van der Waals surface area (Å²) >= 11 is 0. The topological polar surface area (TPSA) is 13.1 Å². The molecule has 298 valence electrons. The van der Waals surface area contributed by atoms with Crippen molar-refractivity contribution in [2.75, 3.05) is 0 Å². The lowest BCUT2D eigenvalue weighted by molar-refractivity contribution is 0.666. The van der Waals surface area contributed by atoms with Gasteiger partial charge in [0.1, 0.15) is 247 Å². The molecule has 2 aliphatic carbocycles. The molecule has 1 nitrogen and oxygen atoms in total. The van der Waals surface area contributed by atoms with Crippen LogP contribution in [-0.4, -0.2) is 235 Å². The van der Waals surface area contributed by atoms with Crippen molar-refractivity contribution in [3.8, 4) is 11.1 Å². The Kier molecular flexibility index (Phi) is 14.1. The zero-order valence-corrected chi connectivity index (χ0v) is 42.9. The molecule has 2 unspecified atom stereocenters. The van der Waals surface area contributed by atoms with Crippen LogP contribution in [0, 0.1) is 11.8 Å². The molecule has 9 aromatic rings. The van der Waals surface area contributed by atoms with Crippen LogP contribution >= 0.6 is 0 Å². The Hall–Kier alpha value is -4.49. The van der Waals surface area contributed by atoms with Crippen LogP contribution in [0.1, 0.15) is 11.1 Å². The Morgan fingerprint density at radius 2 is 0.432 bits per heavy atom. The van der Waals surface area contributed by atoms with Gasteiger partial charge in [-0.3, -0.25) is 0 Å². The Bertz CT molecular complexity index is 4660. The van der Waals surface area contributed by atoms with Gasteiger partial charge in [0.25, 0.3) is 0 Å². The molecule has 0 aliphatic heterocycles. The second-order valence-corrected chi connectivity index (χ2v) is 20.3. The first-order valence-electron chi connectivity index (χ1n) is 24.1. The third kappa shape index (κ3) is 7.36. The van der Waals surface area contributed by atoms with Gasteiger partial charge in [-0.15, -0.1) is 71.1 Å². The van der Waals surface area contributed by atoms with E-state index in [1.165, 1.54) is 0 Å². The highest BCUT2D eigenvalue weighted by Crippen LogP contribution is 2.55. The summed E-state index contributed by atoms with van der Waals surface area (Å²) < 4.78 is 6.41. The van der Waals surface area contributed by atoms with E-state index in [2.05, 4.69) is 0 Å². The number of rotatable bonds is 3. The number of benzene rings is 8. The summed E-state index contributed by atoms with van der Waals surface area (Å²) in [5.74, 6) is -2.68. The summed E-state index contributed by atoms with van der Waals surface area (Å²) in [7, 11) is 207. The molecule has 0 fully saturated rings. The maximum atomic E-state index is 7.49. The first-order valence-corrected chi connectivity index (χ1v) is 24.1. The standard InChI is InChI=1S/C50H2B30O/c51-19-13(35(67)48(80)50-18(19)17-20(52)15-16(36(68)49(17)81-50)34(66)47(79)46(78)33(15)65)2-6-3(23(55)38(70)40(72)25(6)57)1(4-7(2)26(58)41(73)39(71)24(4)56)5-8-10(29(61)43(75)42(74)28(8)60)9(22(54)21(5)53)11-12-14(31(63)37(69)27(11)59)32(64)45(77)44(76)30(12)62/h8,10H. The van der Waals surface area contributed by atoms with Crippen LogP contribution in [0.2, 0.25) is 0 Å². The minimum Gasteiger partial charge on any atom is -0.457 e. The van der Waals surface area contributed by atoms with Crippen LogP contribution in [0.25, 0.3) is 87.3 Å². The van der Waals surface area contributed by atoms with Gasteiger partial charge in [0, 0.05) is 22.6 Å². The summed E-state index contributed by atoms with van der Waals surface area (Å²) in [6.45, 7) is 0. The van der Waals surface area contributed by atoms with Crippen LogP contribution in [-0.2, 0) is 0 Å². The first kappa shape index (κ1) is 58.3. The van der Waals surface area contributed by atoms with Gasteiger partial charge < -0.3 is 4.42 Å². The molecule has 31 heteroatoms. The van der Waals surface area contributed by atoms with Crippen molar-refractivity contribution in [3.05, 3.63) is 44.0 Å². The fourth-order valence-corrected chi connectivity index (χ4v) is 12.3. The lowest BCUT2D eigenvalue weighted by Gasteiger charge is -2.47. The average molecular weight is 943 g/mol. The van der Waals surface area contributed by atoms with Gasteiger partial charge in [-0.1, -0.05) is 87.4 Å². The van der Waals surface area contributed by atoms with Crippen LogP contribution in [0.3, 0.4) is 0 Å². The van der Waals surface area contributed by atoms with Crippen LogP contribution in [0.15, 0.2) is 37.3 Å². The van der Waals surface area contributed by atoms with Crippen LogP contribution < -0.4 is 131 Å². The highest BCUT2D eigenvalue weighted by Gasteiger charge is 2.43. The second-order valence-electron chi connectivity index (χ2n) is 20.3. The van der Waals surface area contributed by atoms with Crippen LogP contribution in [0.4, 0.5) is 0 Å². The van der Waals surface area contributed by atoms with E-state index in [9.17, 15) is 0 Å². The fourth-order valence-electron chi connectivity index (χ4n) is 12.3. The van der Waals surface area contributed by atoms with Crippen molar-refractivity contribution in [1.29, 1.82) is 0 Å². The van der Waals surface area contributed by atoms with Gasteiger partial charge >= 0.3 is 0 Å². The SMILES string of the molecule is [B]C1=C([B])C2C(c3c([B])c([B])c([B])c4c([B])c([B])c([B])c([B])c34)=C([B])C([B])=C(c3c4c([B])c([B])c([B])c([B])c4c(-c4c([B])c([B])c5oc6c([B])c7c([B])c([B])c([B])c([B])c7c([B])c6c5c4[B])c4c([B])c([B])c([B])c([B])c34)C2C([B])=C1[B]. The van der Waals surface area contributed by atoms with E-state index in [1.54, 1.807) is 0 Å². The molecule has 0 spiro atoms. The second kappa shape index (κ2) is 19.5. The lowest BCUT2D eigenvalue weighted by Crippen LogP contribution is -2.53. The fraction of sp³-hybridized carbons (Fsp3) is 0.0400. The molecular weight excluding hydrogens is 941 g/mol. The molecule has 2 aliphatic rings. The maximum absolute atomic E-state index is 7.49. The van der Waals surface area contributed by atoms with E-state index in [0.717, 1.165) is 0 Å².